The van der Waals surface area contributed by atoms with E-state index in [-0.39, 0.29) is 12.5 Å². The fourth-order valence-corrected chi connectivity index (χ4v) is 2.25. The van der Waals surface area contributed by atoms with E-state index in [0.29, 0.717) is 11.5 Å². The first-order valence-corrected chi connectivity index (χ1v) is 6.57. The number of rotatable bonds is 2. The molecule has 1 heterocycles. The van der Waals surface area contributed by atoms with Crippen molar-refractivity contribution >= 4 is 11.6 Å². The number of amides is 1. The maximum absolute atomic E-state index is 11.9. The van der Waals surface area contributed by atoms with E-state index in [1.54, 1.807) is 6.07 Å². The quantitative estimate of drug-likeness (QED) is 0.826. The van der Waals surface area contributed by atoms with Crippen LogP contribution in [-0.2, 0) is 4.79 Å². The highest BCUT2D eigenvalue weighted by Crippen LogP contribution is 2.30. The Hall–Kier alpha value is -2.04. The van der Waals surface area contributed by atoms with Gasteiger partial charge < -0.3 is 9.47 Å². The Labute approximate surface area is 111 Å². The lowest BCUT2D eigenvalue weighted by Crippen LogP contribution is -2.42. The summed E-state index contributed by atoms with van der Waals surface area (Å²) in [6.45, 7) is 0.216. The van der Waals surface area contributed by atoms with Crippen molar-refractivity contribution in [2.75, 3.05) is 6.61 Å². The number of fused-ring (bicyclic) bond motifs is 1. The lowest BCUT2D eigenvalue weighted by atomic mass is 10.2. The van der Waals surface area contributed by atoms with Gasteiger partial charge in [0, 0.05) is 5.71 Å². The third-order valence-electron chi connectivity index (χ3n) is 3.31. The summed E-state index contributed by atoms with van der Waals surface area (Å²) in [5.41, 5.74) is 3.63. The molecule has 3 rings (SSSR count). The van der Waals surface area contributed by atoms with Crippen LogP contribution in [0.3, 0.4) is 0 Å². The van der Waals surface area contributed by atoms with Gasteiger partial charge in [-0.1, -0.05) is 12.1 Å². The second-order valence-corrected chi connectivity index (χ2v) is 4.73. The number of ether oxygens (including phenoxy) is 2. The topological polar surface area (TPSA) is 59.9 Å². The maximum Gasteiger partial charge on any atom is 0.284 e. The summed E-state index contributed by atoms with van der Waals surface area (Å²) in [6.07, 6.45) is 3.63. The van der Waals surface area contributed by atoms with Crippen LogP contribution >= 0.6 is 0 Å². The Morgan fingerprint density at radius 1 is 1.21 bits per heavy atom. The second kappa shape index (κ2) is 5.30. The third-order valence-corrected chi connectivity index (χ3v) is 3.31. The molecule has 0 radical (unpaired) electrons. The molecule has 2 aliphatic rings. The number of carbonyl (C=O) groups excluding carboxylic acids is 1. The molecule has 0 spiro atoms. The molecule has 0 unspecified atom stereocenters. The zero-order valence-electron chi connectivity index (χ0n) is 10.6. The standard InChI is InChI=1S/C14H16N2O3/c17-14(16-15-10-5-1-2-6-10)13-9-18-11-7-3-4-8-12(11)19-13/h3-4,7-8,13H,1-2,5-6,9H2,(H,16,17)/t13-/m1/s1. The van der Waals surface area contributed by atoms with Gasteiger partial charge in [-0.15, -0.1) is 0 Å². The minimum absolute atomic E-state index is 0.216. The Kier molecular flexibility index (Phi) is 3.35. The molecule has 100 valence electrons. The second-order valence-electron chi connectivity index (χ2n) is 4.73. The van der Waals surface area contributed by atoms with E-state index >= 15 is 0 Å². The normalized spacial score (nSPS) is 21.1. The minimum Gasteiger partial charge on any atom is -0.485 e. The summed E-state index contributed by atoms with van der Waals surface area (Å²) in [4.78, 5) is 11.9. The van der Waals surface area contributed by atoms with Crippen LogP contribution in [0, 0.1) is 0 Å². The van der Waals surface area contributed by atoms with Gasteiger partial charge in [0.05, 0.1) is 0 Å². The molecule has 1 atom stereocenters. The number of benzene rings is 1. The molecule has 5 heteroatoms. The van der Waals surface area contributed by atoms with Crippen LogP contribution in [0.25, 0.3) is 0 Å². The van der Waals surface area contributed by atoms with E-state index in [1.807, 2.05) is 18.2 Å². The molecule has 19 heavy (non-hydrogen) atoms. The number of hydrazone groups is 1. The van der Waals surface area contributed by atoms with Crippen LogP contribution in [0.2, 0.25) is 0 Å². The van der Waals surface area contributed by atoms with E-state index in [4.69, 9.17) is 9.47 Å². The Morgan fingerprint density at radius 3 is 2.74 bits per heavy atom. The van der Waals surface area contributed by atoms with Crippen molar-refractivity contribution in [3.8, 4) is 11.5 Å². The molecule has 1 aliphatic heterocycles. The van der Waals surface area contributed by atoms with Gasteiger partial charge in [-0.3, -0.25) is 4.79 Å². The highest BCUT2D eigenvalue weighted by molar-refractivity contribution is 5.88. The summed E-state index contributed by atoms with van der Waals surface area (Å²) in [5.74, 6) is 1.02. The maximum atomic E-state index is 11.9. The van der Waals surface area contributed by atoms with Crippen LogP contribution < -0.4 is 14.9 Å². The molecule has 1 aromatic rings. The van der Waals surface area contributed by atoms with Crippen molar-refractivity contribution in [3.05, 3.63) is 24.3 Å². The van der Waals surface area contributed by atoms with Gasteiger partial charge in [-0.2, -0.15) is 5.10 Å². The summed E-state index contributed by atoms with van der Waals surface area (Å²) in [7, 11) is 0. The average molecular weight is 260 g/mol. The van der Waals surface area contributed by atoms with Gasteiger partial charge in [-0.25, -0.2) is 5.43 Å². The molecule has 1 aliphatic carbocycles. The first-order valence-electron chi connectivity index (χ1n) is 6.57. The molecule has 1 fully saturated rings. The highest BCUT2D eigenvalue weighted by Gasteiger charge is 2.27. The molecule has 1 aromatic carbocycles. The van der Waals surface area contributed by atoms with E-state index in [9.17, 15) is 4.79 Å². The number of nitrogens with one attached hydrogen (secondary N) is 1. The average Bonchev–Trinajstić information content (AvgIpc) is 2.97. The predicted octanol–water partition coefficient (Wildman–Crippen LogP) is 1.87. The van der Waals surface area contributed by atoms with Gasteiger partial charge in [-0.05, 0) is 37.8 Å². The first kappa shape index (κ1) is 12.0. The summed E-state index contributed by atoms with van der Waals surface area (Å²) in [6, 6.07) is 7.33. The number of nitrogens with zero attached hydrogens (tertiary/aromatic N) is 1. The fourth-order valence-electron chi connectivity index (χ4n) is 2.25. The molecule has 1 amide bonds. The first-order chi connectivity index (χ1) is 9.33. The van der Waals surface area contributed by atoms with Gasteiger partial charge >= 0.3 is 0 Å². The van der Waals surface area contributed by atoms with Crippen molar-refractivity contribution in [1.82, 2.24) is 5.43 Å². The Bertz CT molecular complexity index is 505. The van der Waals surface area contributed by atoms with Gasteiger partial charge in [0.2, 0.25) is 6.10 Å². The number of carbonyl (C=O) groups is 1. The summed E-state index contributed by atoms with van der Waals surface area (Å²) >= 11 is 0. The zero-order valence-corrected chi connectivity index (χ0v) is 10.6. The van der Waals surface area contributed by atoms with Crippen molar-refractivity contribution in [1.29, 1.82) is 0 Å². The van der Waals surface area contributed by atoms with Crippen molar-refractivity contribution in [2.24, 2.45) is 5.10 Å². The fraction of sp³-hybridized carbons (Fsp3) is 0.429. The number of hydrogen-bond donors (Lipinski definition) is 1. The van der Waals surface area contributed by atoms with Gasteiger partial charge in [0.15, 0.2) is 11.5 Å². The lowest BCUT2D eigenvalue weighted by Gasteiger charge is -2.24. The SMILES string of the molecule is O=C(NN=C1CCCC1)[C@H]1COc2ccccc2O1. The van der Waals surface area contributed by atoms with Crippen LogP contribution in [-0.4, -0.2) is 24.3 Å². The molecular formula is C14H16N2O3. The summed E-state index contributed by atoms with van der Waals surface area (Å²) in [5, 5.41) is 4.14. The molecule has 1 saturated carbocycles. The van der Waals surface area contributed by atoms with Crippen LogP contribution in [0.1, 0.15) is 25.7 Å². The van der Waals surface area contributed by atoms with Crippen LogP contribution in [0.15, 0.2) is 29.4 Å². The summed E-state index contributed by atoms with van der Waals surface area (Å²) < 4.78 is 11.1. The Morgan fingerprint density at radius 2 is 1.95 bits per heavy atom. The van der Waals surface area contributed by atoms with E-state index in [0.717, 1.165) is 31.4 Å². The largest absolute Gasteiger partial charge is 0.485 e. The molecule has 1 N–H and O–H groups in total. The van der Waals surface area contributed by atoms with Crippen LogP contribution in [0.5, 0.6) is 11.5 Å². The Balaban J connectivity index is 1.61. The van der Waals surface area contributed by atoms with Crippen molar-refractivity contribution in [3.63, 3.8) is 0 Å². The van der Waals surface area contributed by atoms with Crippen LogP contribution in [0.4, 0.5) is 0 Å². The smallest absolute Gasteiger partial charge is 0.284 e. The zero-order chi connectivity index (χ0) is 13.1. The molecular weight excluding hydrogens is 244 g/mol. The minimum atomic E-state index is -0.638. The number of hydrogen-bond acceptors (Lipinski definition) is 4. The van der Waals surface area contributed by atoms with Crippen molar-refractivity contribution in [2.45, 2.75) is 31.8 Å². The van der Waals surface area contributed by atoms with E-state index in [1.165, 1.54) is 0 Å². The van der Waals surface area contributed by atoms with E-state index < -0.39 is 6.10 Å². The lowest BCUT2D eigenvalue weighted by molar-refractivity contribution is -0.130. The van der Waals surface area contributed by atoms with Crippen molar-refractivity contribution < 1.29 is 14.3 Å². The molecule has 0 bridgehead atoms. The highest BCUT2D eigenvalue weighted by atomic mass is 16.6. The van der Waals surface area contributed by atoms with Gasteiger partial charge in [0.25, 0.3) is 5.91 Å². The number of para-hydroxylation sites is 2. The third kappa shape index (κ3) is 2.70. The molecule has 5 nitrogen and oxygen atoms in total. The van der Waals surface area contributed by atoms with Gasteiger partial charge in [0.1, 0.15) is 6.61 Å². The predicted molar refractivity (Wildman–Crippen MR) is 70.4 cm³/mol. The van der Waals surface area contributed by atoms with E-state index in [2.05, 4.69) is 10.5 Å². The molecule has 0 aromatic heterocycles. The molecule has 0 saturated heterocycles. The monoisotopic (exact) mass is 260 g/mol.